The molecule has 1 aromatic carbocycles. The number of nitrogens with zero attached hydrogens (tertiary/aromatic N) is 2. The standard InChI is InChI=1S/C11H8BrCl2N3O2S/c1-2-19-8-6(12)3-5(13)4-7(8)15-9(18)10-16-17-11(14)20-10/h3-4H,2H2,1H3,(H,15,18). The summed E-state index contributed by atoms with van der Waals surface area (Å²) in [6.45, 7) is 2.30. The van der Waals surface area contributed by atoms with Crippen molar-refractivity contribution < 1.29 is 9.53 Å². The molecule has 106 valence electrons. The van der Waals surface area contributed by atoms with Crippen LogP contribution in [0.2, 0.25) is 9.49 Å². The second-order valence-electron chi connectivity index (χ2n) is 3.51. The molecule has 0 spiro atoms. The fourth-order valence-electron chi connectivity index (χ4n) is 1.42. The fourth-order valence-corrected chi connectivity index (χ4v) is 3.07. The van der Waals surface area contributed by atoms with Gasteiger partial charge in [-0.15, -0.1) is 10.2 Å². The first-order valence-electron chi connectivity index (χ1n) is 5.43. The van der Waals surface area contributed by atoms with Crippen molar-refractivity contribution in [2.75, 3.05) is 11.9 Å². The van der Waals surface area contributed by atoms with Crippen LogP contribution in [-0.2, 0) is 0 Å². The zero-order valence-corrected chi connectivity index (χ0v) is 14.0. The number of amides is 1. The molecule has 0 atom stereocenters. The zero-order valence-electron chi connectivity index (χ0n) is 10.1. The van der Waals surface area contributed by atoms with E-state index in [0.717, 1.165) is 11.3 Å². The van der Waals surface area contributed by atoms with Crippen LogP contribution in [0.5, 0.6) is 5.75 Å². The molecule has 0 saturated carbocycles. The number of nitrogens with one attached hydrogen (secondary N) is 1. The van der Waals surface area contributed by atoms with Gasteiger partial charge in [0.15, 0.2) is 5.75 Å². The van der Waals surface area contributed by atoms with Crippen LogP contribution < -0.4 is 10.1 Å². The molecule has 20 heavy (non-hydrogen) atoms. The number of anilines is 1. The van der Waals surface area contributed by atoms with Crippen molar-refractivity contribution in [3.63, 3.8) is 0 Å². The van der Waals surface area contributed by atoms with Gasteiger partial charge < -0.3 is 10.1 Å². The van der Waals surface area contributed by atoms with Gasteiger partial charge in [-0.05, 0) is 46.6 Å². The number of benzene rings is 1. The van der Waals surface area contributed by atoms with Gasteiger partial charge in [-0.2, -0.15) is 0 Å². The zero-order chi connectivity index (χ0) is 14.7. The van der Waals surface area contributed by atoms with Gasteiger partial charge in [0.25, 0.3) is 5.91 Å². The van der Waals surface area contributed by atoms with Crippen molar-refractivity contribution in [1.29, 1.82) is 0 Å². The highest BCUT2D eigenvalue weighted by Gasteiger charge is 2.17. The second-order valence-corrected chi connectivity index (χ2v) is 6.36. The van der Waals surface area contributed by atoms with E-state index in [1.807, 2.05) is 6.92 Å². The normalized spacial score (nSPS) is 10.4. The Labute approximate surface area is 137 Å². The van der Waals surface area contributed by atoms with Gasteiger partial charge in [-0.1, -0.05) is 22.9 Å². The van der Waals surface area contributed by atoms with Gasteiger partial charge in [-0.3, -0.25) is 4.79 Å². The van der Waals surface area contributed by atoms with Crippen LogP contribution in [0.15, 0.2) is 16.6 Å². The average molecular weight is 397 g/mol. The predicted molar refractivity (Wildman–Crippen MR) is 83.2 cm³/mol. The minimum atomic E-state index is -0.426. The van der Waals surface area contributed by atoms with Crippen molar-refractivity contribution in [2.45, 2.75) is 6.92 Å². The summed E-state index contributed by atoms with van der Waals surface area (Å²) in [6.07, 6.45) is 0. The van der Waals surface area contributed by atoms with Crippen LogP contribution in [0.1, 0.15) is 16.7 Å². The molecule has 0 saturated heterocycles. The molecule has 0 aliphatic carbocycles. The molecule has 9 heteroatoms. The molecule has 1 heterocycles. The van der Waals surface area contributed by atoms with E-state index in [4.69, 9.17) is 27.9 Å². The quantitative estimate of drug-likeness (QED) is 0.838. The van der Waals surface area contributed by atoms with Gasteiger partial charge >= 0.3 is 0 Å². The van der Waals surface area contributed by atoms with Crippen LogP contribution in [0, 0.1) is 0 Å². The molecule has 2 rings (SSSR count). The van der Waals surface area contributed by atoms with Crippen LogP contribution >= 0.6 is 50.5 Å². The lowest BCUT2D eigenvalue weighted by molar-refractivity contribution is 0.102. The molecule has 1 N–H and O–H groups in total. The number of rotatable bonds is 4. The van der Waals surface area contributed by atoms with E-state index in [9.17, 15) is 4.79 Å². The predicted octanol–water partition coefficient (Wildman–Crippen LogP) is 4.26. The Hall–Kier alpha value is -0.890. The van der Waals surface area contributed by atoms with E-state index >= 15 is 0 Å². The molecule has 0 bridgehead atoms. The Kier molecular flexibility index (Phi) is 5.20. The van der Waals surface area contributed by atoms with E-state index in [1.54, 1.807) is 12.1 Å². The van der Waals surface area contributed by atoms with Crippen LogP contribution in [-0.4, -0.2) is 22.7 Å². The summed E-state index contributed by atoms with van der Waals surface area (Å²) in [5.41, 5.74) is 0.447. The van der Waals surface area contributed by atoms with E-state index < -0.39 is 5.91 Å². The van der Waals surface area contributed by atoms with Crippen LogP contribution in [0.25, 0.3) is 0 Å². The Bertz CT molecular complexity index is 651. The van der Waals surface area contributed by atoms with E-state index in [1.165, 1.54) is 0 Å². The first kappa shape index (κ1) is 15.5. The van der Waals surface area contributed by atoms with Gasteiger partial charge in [0, 0.05) is 5.02 Å². The Balaban J connectivity index is 2.30. The second kappa shape index (κ2) is 6.71. The summed E-state index contributed by atoms with van der Waals surface area (Å²) in [7, 11) is 0. The molecular formula is C11H8BrCl2N3O2S. The fraction of sp³-hybridized carbons (Fsp3) is 0.182. The summed E-state index contributed by atoms with van der Waals surface area (Å²) in [5.74, 6) is 0.0744. The maximum atomic E-state index is 12.0. The monoisotopic (exact) mass is 395 g/mol. The third-order valence-electron chi connectivity index (χ3n) is 2.14. The molecule has 5 nitrogen and oxygen atoms in total. The van der Waals surface area contributed by atoms with Crippen molar-refractivity contribution in [3.8, 4) is 5.75 Å². The largest absolute Gasteiger partial charge is 0.491 e. The number of hydrogen-bond donors (Lipinski definition) is 1. The van der Waals surface area contributed by atoms with Crippen molar-refractivity contribution in [3.05, 3.63) is 31.1 Å². The molecule has 2 aromatic rings. The molecule has 0 unspecified atom stereocenters. The maximum absolute atomic E-state index is 12.0. The number of hydrogen-bond acceptors (Lipinski definition) is 5. The maximum Gasteiger partial charge on any atom is 0.286 e. The number of carbonyl (C=O) groups is 1. The van der Waals surface area contributed by atoms with E-state index in [0.29, 0.717) is 27.5 Å². The van der Waals surface area contributed by atoms with Gasteiger partial charge in [0.2, 0.25) is 9.47 Å². The molecule has 0 aliphatic rings. The average Bonchev–Trinajstić information content (AvgIpc) is 2.80. The molecule has 0 fully saturated rings. The van der Waals surface area contributed by atoms with Gasteiger partial charge in [0.05, 0.1) is 16.8 Å². The third-order valence-corrected chi connectivity index (χ3v) is 3.96. The molecule has 1 aromatic heterocycles. The summed E-state index contributed by atoms with van der Waals surface area (Å²) >= 11 is 16.0. The lowest BCUT2D eigenvalue weighted by atomic mass is 10.3. The molecule has 0 radical (unpaired) electrons. The Morgan fingerprint density at radius 3 is 2.80 bits per heavy atom. The summed E-state index contributed by atoms with van der Waals surface area (Å²) < 4.78 is 6.34. The first-order valence-corrected chi connectivity index (χ1v) is 7.80. The highest BCUT2D eigenvalue weighted by molar-refractivity contribution is 9.10. The van der Waals surface area contributed by atoms with E-state index in [-0.39, 0.29) is 9.47 Å². The number of carbonyl (C=O) groups excluding carboxylic acids is 1. The van der Waals surface area contributed by atoms with Gasteiger partial charge in [-0.25, -0.2) is 0 Å². The van der Waals surface area contributed by atoms with Crippen LogP contribution in [0.3, 0.4) is 0 Å². The Morgan fingerprint density at radius 1 is 1.45 bits per heavy atom. The molecule has 0 aliphatic heterocycles. The third kappa shape index (κ3) is 3.60. The van der Waals surface area contributed by atoms with Crippen molar-refractivity contribution >= 4 is 62.1 Å². The first-order chi connectivity index (χ1) is 9.51. The highest BCUT2D eigenvalue weighted by atomic mass is 79.9. The summed E-state index contributed by atoms with van der Waals surface area (Å²) in [6, 6.07) is 3.28. The van der Waals surface area contributed by atoms with Crippen molar-refractivity contribution in [2.24, 2.45) is 0 Å². The number of halogens is 3. The molecule has 1 amide bonds. The minimum Gasteiger partial charge on any atom is -0.491 e. The molecular weight excluding hydrogens is 389 g/mol. The van der Waals surface area contributed by atoms with Crippen LogP contribution in [0.4, 0.5) is 5.69 Å². The van der Waals surface area contributed by atoms with Crippen molar-refractivity contribution in [1.82, 2.24) is 10.2 Å². The van der Waals surface area contributed by atoms with Gasteiger partial charge in [0.1, 0.15) is 0 Å². The topological polar surface area (TPSA) is 64.1 Å². The lowest BCUT2D eigenvalue weighted by Gasteiger charge is -2.13. The number of aromatic nitrogens is 2. The minimum absolute atomic E-state index is 0.161. The summed E-state index contributed by atoms with van der Waals surface area (Å²) in [4.78, 5) is 12.0. The SMILES string of the molecule is CCOc1c(Br)cc(Cl)cc1NC(=O)c1nnc(Cl)s1. The number of ether oxygens (including phenoxy) is 1. The highest BCUT2D eigenvalue weighted by Crippen LogP contribution is 2.37. The summed E-state index contributed by atoms with van der Waals surface area (Å²) in [5, 5.41) is 10.6. The van der Waals surface area contributed by atoms with E-state index in [2.05, 4.69) is 31.4 Å². The Morgan fingerprint density at radius 2 is 2.20 bits per heavy atom. The smallest absolute Gasteiger partial charge is 0.286 e. The lowest BCUT2D eigenvalue weighted by Crippen LogP contribution is -2.13.